The van der Waals surface area contributed by atoms with Crippen LogP contribution in [-0.4, -0.2) is 10.9 Å². The van der Waals surface area contributed by atoms with Crippen LogP contribution in [0.2, 0.25) is 0 Å². The summed E-state index contributed by atoms with van der Waals surface area (Å²) in [6, 6.07) is 5.35. The Morgan fingerprint density at radius 2 is 2.42 bits per heavy atom. The summed E-state index contributed by atoms with van der Waals surface area (Å²) in [5, 5.41) is 0. The van der Waals surface area contributed by atoms with Gasteiger partial charge in [-0.3, -0.25) is 15.6 Å². The molecule has 0 radical (unpaired) electrons. The van der Waals surface area contributed by atoms with Gasteiger partial charge in [0.05, 0.1) is 0 Å². The van der Waals surface area contributed by atoms with Gasteiger partial charge in [-0.25, -0.2) is 4.98 Å². The van der Waals surface area contributed by atoms with Crippen LogP contribution >= 0.6 is 0 Å². The van der Waals surface area contributed by atoms with E-state index in [-0.39, 0.29) is 5.91 Å². The zero-order valence-electron chi connectivity index (χ0n) is 6.45. The maximum atomic E-state index is 10.7. The van der Waals surface area contributed by atoms with Gasteiger partial charge in [-0.2, -0.15) is 0 Å². The molecule has 1 rings (SSSR count). The van der Waals surface area contributed by atoms with Gasteiger partial charge in [0.2, 0.25) is 0 Å². The van der Waals surface area contributed by atoms with Crippen molar-refractivity contribution < 1.29 is 4.79 Å². The standard InChI is InChI=1S/C8H9N3O/c1-2-8(12)11-10-7-5-3-4-6-9-7/h2-6H,1H2,(H,9,10)(H,11,12). The molecular formula is C8H9N3O. The number of nitrogens with one attached hydrogen (secondary N) is 2. The molecule has 0 spiro atoms. The van der Waals surface area contributed by atoms with Crippen molar-refractivity contribution in [3.63, 3.8) is 0 Å². The second-order valence-corrected chi connectivity index (χ2v) is 2.03. The number of amides is 1. The Kier molecular flexibility index (Phi) is 2.84. The monoisotopic (exact) mass is 163 g/mol. The fourth-order valence-electron chi connectivity index (χ4n) is 0.613. The van der Waals surface area contributed by atoms with Gasteiger partial charge in [-0.15, -0.1) is 0 Å². The molecule has 1 aromatic rings. The van der Waals surface area contributed by atoms with Gasteiger partial charge < -0.3 is 0 Å². The molecule has 62 valence electrons. The Morgan fingerprint density at radius 1 is 1.58 bits per heavy atom. The van der Waals surface area contributed by atoms with Crippen LogP contribution in [0, 0.1) is 0 Å². The molecule has 2 N–H and O–H groups in total. The van der Waals surface area contributed by atoms with Gasteiger partial charge in [-0.05, 0) is 18.2 Å². The molecule has 12 heavy (non-hydrogen) atoms. The highest BCUT2D eigenvalue weighted by Gasteiger charge is 1.92. The average Bonchev–Trinajstić information content (AvgIpc) is 2.16. The predicted molar refractivity (Wildman–Crippen MR) is 46.2 cm³/mol. The number of carbonyl (C=O) groups excluding carboxylic acids is 1. The molecule has 0 unspecified atom stereocenters. The third kappa shape index (κ3) is 2.42. The van der Waals surface area contributed by atoms with E-state index in [1.807, 2.05) is 6.07 Å². The molecule has 0 aliphatic carbocycles. The van der Waals surface area contributed by atoms with Crippen molar-refractivity contribution in [1.29, 1.82) is 0 Å². The summed E-state index contributed by atoms with van der Waals surface area (Å²) >= 11 is 0. The van der Waals surface area contributed by atoms with Crippen molar-refractivity contribution in [2.24, 2.45) is 0 Å². The number of nitrogens with zero attached hydrogens (tertiary/aromatic N) is 1. The minimum absolute atomic E-state index is 0.291. The van der Waals surface area contributed by atoms with Crippen LogP contribution in [-0.2, 0) is 4.79 Å². The van der Waals surface area contributed by atoms with Gasteiger partial charge in [0.15, 0.2) is 0 Å². The Hall–Kier alpha value is -1.84. The van der Waals surface area contributed by atoms with Crippen LogP contribution < -0.4 is 10.9 Å². The molecule has 0 saturated heterocycles. The van der Waals surface area contributed by atoms with E-state index in [9.17, 15) is 4.79 Å². The topological polar surface area (TPSA) is 54.0 Å². The highest BCUT2D eigenvalue weighted by molar-refractivity contribution is 5.87. The number of hydrogen-bond acceptors (Lipinski definition) is 3. The van der Waals surface area contributed by atoms with Crippen molar-refractivity contribution in [2.75, 3.05) is 5.43 Å². The Balaban J connectivity index is 2.43. The van der Waals surface area contributed by atoms with E-state index in [4.69, 9.17) is 0 Å². The predicted octanol–water partition coefficient (Wildman–Crippen LogP) is 0.711. The van der Waals surface area contributed by atoms with Crippen LogP contribution in [0.5, 0.6) is 0 Å². The zero-order chi connectivity index (χ0) is 8.81. The molecule has 1 aromatic heterocycles. The van der Waals surface area contributed by atoms with Gasteiger partial charge in [0, 0.05) is 6.20 Å². The fourth-order valence-corrected chi connectivity index (χ4v) is 0.613. The summed E-state index contributed by atoms with van der Waals surface area (Å²) in [5.41, 5.74) is 4.99. The summed E-state index contributed by atoms with van der Waals surface area (Å²) in [4.78, 5) is 14.6. The number of hydrazine groups is 1. The summed E-state index contributed by atoms with van der Waals surface area (Å²) in [6.07, 6.45) is 2.80. The van der Waals surface area contributed by atoms with E-state index >= 15 is 0 Å². The van der Waals surface area contributed by atoms with Crippen molar-refractivity contribution in [3.05, 3.63) is 37.1 Å². The van der Waals surface area contributed by atoms with Crippen molar-refractivity contribution in [2.45, 2.75) is 0 Å². The maximum absolute atomic E-state index is 10.7. The summed E-state index contributed by atoms with van der Waals surface area (Å²) in [6.45, 7) is 3.30. The highest BCUT2D eigenvalue weighted by Crippen LogP contribution is 1.96. The normalized spacial score (nSPS) is 8.67. The first-order valence-electron chi connectivity index (χ1n) is 3.42. The third-order valence-corrected chi connectivity index (χ3v) is 1.16. The number of carbonyl (C=O) groups is 1. The first-order chi connectivity index (χ1) is 5.83. The molecule has 4 nitrogen and oxygen atoms in total. The smallest absolute Gasteiger partial charge is 0.261 e. The lowest BCUT2D eigenvalue weighted by Crippen LogP contribution is -2.27. The van der Waals surface area contributed by atoms with E-state index in [0.29, 0.717) is 5.82 Å². The summed E-state index contributed by atoms with van der Waals surface area (Å²) < 4.78 is 0. The minimum atomic E-state index is -0.291. The quantitative estimate of drug-likeness (QED) is 0.509. The largest absolute Gasteiger partial charge is 0.282 e. The first-order valence-corrected chi connectivity index (χ1v) is 3.42. The summed E-state index contributed by atoms with van der Waals surface area (Å²) in [7, 11) is 0. The third-order valence-electron chi connectivity index (χ3n) is 1.16. The second kappa shape index (κ2) is 4.12. The van der Waals surface area contributed by atoms with Crippen molar-refractivity contribution >= 4 is 11.7 Å². The van der Waals surface area contributed by atoms with Gasteiger partial charge >= 0.3 is 0 Å². The van der Waals surface area contributed by atoms with E-state index in [0.717, 1.165) is 0 Å². The lowest BCUT2D eigenvalue weighted by molar-refractivity contribution is -0.116. The van der Waals surface area contributed by atoms with Crippen LogP contribution in [0.1, 0.15) is 0 Å². The second-order valence-electron chi connectivity index (χ2n) is 2.03. The molecule has 0 aliphatic heterocycles. The molecule has 1 heterocycles. The molecule has 0 aliphatic rings. The molecule has 0 saturated carbocycles. The molecular weight excluding hydrogens is 154 g/mol. The highest BCUT2D eigenvalue weighted by atomic mass is 16.2. The van der Waals surface area contributed by atoms with E-state index in [1.165, 1.54) is 6.08 Å². The first kappa shape index (κ1) is 8.26. The van der Waals surface area contributed by atoms with E-state index < -0.39 is 0 Å². The Bertz CT molecular complexity index is 271. The van der Waals surface area contributed by atoms with Crippen LogP contribution in [0.15, 0.2) is 37.1 Å². The SMILES string of the molecule is C=CC(=O)NNc1ccccn1. The van der Waals surface area contributed by atoms with Crippen LogP contribution in [0.3, 0.4) is 0 Å². The van der Waals surface area contributed by atoms with Crippen LogP contribution in [0.4, 0.5) is 5.82 Å². The number of anilines is 1. The maximum Gasteiger partial charge on any atom is 0.261 e. The lowest BCUT2D eigenvalue weighted by atomic mass is 10.5. The minimum Gasteiger partial charge on any atom is -0.282 e. The number of rotatable bonds is 3. The number of pyridine rings is 1. The fraction of sp³-hybridized carbons (Fsp3) is 0. The number of hydrogen-bond donors (Lipinski definition) is 2. The van der Waals surface area contributed by atoms with Crippen molar-refractivity contribution in [3.8, 4) is 0 Å². The molecule has 1 amide bonds. The van der Waals surface area contributed by atoms with Gasteiger partial charge in [-0.1, -0.05) is 12.6 Å². The van der Waals surface area contributed by atoms with Crippen molar-refractivity contribution in [1.82, 2.24) is 10.4 Å². The molecule has 4 heteroatoms. The molecule has 0 aromatic carbocycles. The van der Waals surface area contributed by atoms with Gasteiger partial charge in [0.1, 0.15) is 5.82 Å². The Morgan fingerprint density at radius 3 is 3.00 bits per heavy atom. The average molecular weight is 163 g/mol. The summed E-state index contributed by atoms with van der Waals surface area (Å²) in [5.74, 6) is 0.299. The lowest BCUT2D eigenvalue weighted by Gasteiger charge is -2.03. The zero-order valence-corrected chi connectivity index (χ0v) is 6.45. The van der Waals surface area contributed by atoms with Gasteiger partial charge in [0.25, 0.3) is 5.91 Å². The van der Waals surface area contributed by atoms with E-state index in [1.54, 1.807) is 18.3 Å². The van der Waals surface area contributed by atoms with Crippen LogP contribution in [0.25, 0.3) is 0 Å². The molecule has 0 atom stereocenters. The Labute approximate surface area is 70.3 Å². The number of aromatic nitrogens is 1. The molecule has 0 fully saturated rings. The van der Waals surface area contributed by atoms with E-state index in [2.05, 4.69) is 22.4 Å². The molecule has 0 bridgehead atoms.